The molecule has 0 heterocycles. The molecule has 0 fully saturated rings. The Balaban J connectivity index is 2.22. The smallest absolute Gasteiger partial charge is 0.148 e. The lowest BCUT2D eigenvalue weighted by atomic mass is 10.0. The molecule has 0 aliphatic carbocycles. The molecule has 2 aromatic rings. The van der Waals surface area contributed by atoms with Gasteiger partial charge in [0.25, 0.3) is 0 Å². The van der Waals surface area contributed by atoms with Crippen LogP contribution in [-0.2, 0) is 12.8 Å². The lowest BCUT2D eigenvalue weighted by Crippen LogP contribution is -2.33. The SMILES string of the molecule is CCC/C(=C(/N)CCc1cccc(CCC)c1)N(N)c1cc(OC)ccc1F. The van der Waals surface area contributed by atoms with Crippen molar-refractivity contribution in [3.05, 3.63) is 70.8 Å². The Morgan fingerprint density at radius 2 is 1.71 bits per heavy atom. The summed E-state index contributed by atoms with van der Waals surface area (Å²) in [5.74, 6) is 6.43. The molecular weight excluding hydrogens is 353 g/mol. The fourth-order valence-electron chi connectivity index (χ4n) is 3.27. The number of anilines is 1. The van der Waals surface area contributed by atoms with Gasteiger partial charge >= 0.3 is 0 Å². The van der Waals surface area contributed by atoms with Gasteiger partial charge in [0.05, 0.1) is 18.5 Å². The predicted molar refractivity (Wildman–Crippen MR) is 114 cm³/mol. The first-order valence-corrected chi connectivity index (χ1v) is 9.93. The van der Waals surface area contributed by atoms with Crippen LogP contribution in [0.25, 0.3) is 0 Å². The summed E-state index contributed by atoms with van der Waals surface area (Å²) >= 11 is 0. The Hall–Kier alpha value is -2.53. The molecule has 0 aliphatic heterocycles. The molecule has 0 atom stereocenters. The molecule has 152 valence electrons. The number of hydrogen-bond acceptors (Lipinski definition) is 4. The number of hydrazine groups is 1. The first kappa shape index (κ1) is 21.8. The van der Waals surface area contributed by atoms with E-state index in [0.29, 0.717) is 24.3 Å². The van der Waals surface area contributed by atoms with E-state index in [1.807, 2.05) is 0 Å². The zero-order valence-electron chi connectivity index (χ0n) is 17.2. The summed E-state index contributed by atoms with van der Waals surface area (Å²) in [5.41, 5.74) is 10.7. The van der Waals surface area contributed by atoms with Crippen LogP contribution in [-0.4, -0.2) is 7.11 Å². The minimum atomic E-state index is -0.406. The van der Waals surface area contributed by atoms with Crippen LogP contribution in [0.4, 0.5) is 10.1 Å². The molecule has 0 radical (unpaired) electrons. The Kier molecular flexibility index (Phi) is 8.33. The van der Waals surface area contributed by atoms with Crippen molar-refractivity contribution in [2.45, 2.75) is 52.4 Å². The maximum Gasteiger partial charge on any atom is 0.148 e. The lowest BCUT2D eigenvalue weighted by molar-refractivity contribution is 0.413. The second-order valence-electron chi connectivity index (χ2n) is 6.98. The Bertz CT molecular complexity index is 804. The van der Waals surface area contributed by atoms with Crippen molar-refractivity contribution in [2.75, 3.05) is 12.1 Å². The molecule has 0 amide bonds. The van der Waals surface area contributed by atoms with Gasteiger partial charge in [-0.2, -0.15) is 0 Å². The van der Waals surface area contributed by atoms with Gasteiger partial charge in [-0.3, -0.25) is 5.01 Å². The van der Waals surface area contributed by atoms with Crippen molar-refractivity contribution >= 4 is 5.69 Å². The largest absolute Gasteiger partial charge is 0.497 e. The van der Waals surface area contributed by atoms with Crippen LogP contribution in [0.2, 0.25) is 0 Å². The molecule has 4 nitrogen and oxygen atoms in total. The minimum Gasteiger partial charge on any atom is -0.497 e. The fourth-order valence-corrected chi connectivity index (χ4v) is 3.27. The highest BCUT2D eigenvalue weighted by Gasteiger charge is 2.16. The van der Waals surface area contributed by atoms with E-state index in [1.54, 1.807) is 19.2 Å². The molecule has 4 N–H and O–H groups in total. The van der Waals surface area contributed by atoms with Crippen LogP contribution in [0, 0.1) is 5.82 Å². The number of aryl methyl sites for hydroxylation is 2. The van der Waals surface area contributed by atoms with Gasteiger partial charge in [0.15, 0.2) is 0 Å². The predicted octanol–water partition coefficient (Wildman–Crippen LogP) is 5.07. The maximum atomic E-state index is 14.3. The Labute approximate surface area is 168 Å². The van der Waals surface area contributed by atoms with Crippen molar-refractivity contribution in [2.24, 2.45) is 11.6 Å². The van der Waals surface area contributed by atoms with Crippen LogP contribution in [0.15, 0.2) is 53.9 Å². The number of hydrogen-bond donors (Lipinski definition) is 2. The fraction of sp³-hybridized carbons (Fsp3) is 0.391. The summed E-state index contributed by atoms with van der Waals surface area (Å²) < 4.78 is 19.5. The molecule has 28 heavy (non-hydrogen) atoms. The summed E-state index contributed by atoms with van der Waals surface area (Å²) in [5, 5.41) is 1.37. The summed E-state index contributed by atoms with van der Waals surface area (Å²) in [4.78, 5) is 0. The van der Waals surface area contributed by atoms with Crippen molar-refractivity contribution in [1.82, 2.24) is 0 Å². The summed E-state index contributed by atoms with van der Waals surface area (Å²) in [6, 6.07) is 13.1. The molecule has 0 aromatic heterocycles. The first-order valence-electron chi connectivity index (χ1n) is 9.93. The van der Waals surface area contributed by atoms with E-state index in [1.165, 1.54) is 22.2 Å². The maximum absolute atomic E-state index is 14.3. The quantitative estimate of drug-likeness (QED) is 0.443. The number of halogens is 1. The van der Waals surface area contributed by atoms with E-state index >= 15 is 0 Å². The van der Waals surface area contributed by atoms with E-state index in [2.05, 4.69) is 38.1 Å². The average Bonchev–Trinajstić information content (AvgIpc) is 2.70. The molecule has 0 bridgehead atoms. The van der Waals surface area contributed by atoms with Gasteiger partial charge < -0.3 is 10.5 Å². The van der Waals surface area contributed by atoms with Crippen molar-refractivity contribution < 1.29 is 9.13 Å². The van der Waals surface area contributed by atoms with Crippen LogP contribution in [0.1, 0.15) is 50.7 Å². The van der Waals surface area contributed by atoms with E-state index in [-0.39, 0.29) is 5.69 Å². The molecule has 0 spiro atoms. The van der Waals surface area contributed by atoms with Gasteiger partial charge in [0, 0.05) is 11.8 Å². The molecule has 2 aromatic carbocycles. The second-order valence-corrected chi connectivity index (χ2v) is 6.98. The standard InChI is InChI=1S/C23H32FN3O/c1-4-7-17-9-6-10-18(15-17)11-14-21(25)22(8-5-2)27(26)23-16-19(28-3)12-13-20(23)24/h6,9-10,12-13,15-16H,4-5,7-8,11,14,25-26H2,1-3H3/b22-21-. The highest BCUT2D eigenvalue weighted by atomic mass is 19.1. The summed E-state index contributed by atoms with van der Waals surface area (Å²) in [6.45, 7) is 4.23. The van der Waals surface area contributed by atoms with E-state index in [9.17, 15) is 4.39 Å². The third-order valence-electron chi connectivity index (χ3n) is 4.77. The van der Waals surface area contributed by atoms with Gasteiger partial charge in [0.2, 0.25) is 0 Å². The highest BCUT2D eigenvalue weighted by molar-refractivity contribution is 5.55. The third kappa shape index (κ3) is 5.73. The molecule has 0 saturated carbocycles. The molecule has 0 aliphatic rings. The number of methoxy groups -OCH3 is 1. The number of nitrogens with zero attached hydrogens (tertiary/aromatic N) is 1. The van der Waals surface area contributed by atoms with Gasteiger partial charge in [-0.05, 0) is 48.9 Å². The monoisotopic (exact) mass is 385 g/mol. The zero-order chi connectivity index (χ0) is 20.5. The van der Waals surface area contributed by atoms with Crippen molar-refractivity contribution in [3.63, 3.8) is 0 Å². The average molecular weight is 386 g/mol. The van der Waals surface area contributed by atoms with Crippen LogP contribution >= 0.6 is 0 Å². The van der Waals surface area contributed by atoms with E-state index in [4.69, 9.17) is 16.3 Å². The molecule has 2 rings (SSSR count). The van der Waals surface area contributed by atoms with Crippen LogP contribution in [0.5, 0.6) is 5.75 Å². The van der Waals surface area contributed by atoms with Gasteiger partial charge in [-0.25, -0.2) is 10.2 Å². The summed E-state index contributed by atoms with van der Waals surface area (Å²) in [7, 11) is 1.54. The topological polar surface area (TPSA) is 64.5 Å². The summed E-state index contributed by atoms with van der Waals surface area (Å²) in [6.07, 6.45) is 5.23. The molecule has 0 unspecified atom stereocenters. The number of rotatable bonds is 10. The first-order chi connectivity index (χ1) is 13.5. The zero-order valence-corrected chi connectivity index (χ0v) is 17.2. The minimum absolute atomic E-state index is 0.260. The molecule has 5 heteroatoms. The third-order valence-corrected chi connectivity index (χ3v) is 4.77. The Morgan fingerprint density at radius 1 is 1.00 bits per heavy atom. The number of allylic oxidation sites excluding steroid dienone is 2. The lowest BCUT2D eigenvalue weighted by Gasteiger charge is -2.25. The van der Waals surface area contributed by atoms with Crippen LogP contribution in [0.3, 0.4) is 0 Å². The van der Waals surface area contributed by atoms with Crippen molar-refractivity contribution in [1.29, 1.82) is 0 Å². The van der Waals surface area contributed by atoms with Gasteiger partial charge in [-0.1, -0.05) is 51.0 Å². The normalized spacial score (nSPS) is 11.9. The number of ether oxygens (including phenoxy) is 1. The number of benzene rings is 2. The van der Waals surface area contributed by atoms with Gasteiger partial charge in [-0.15, -0.1) is 0 Å². The second kappa shape index (κ2) is 10.7. The van der Waals surface area contributed by atoms with E-state index < -0.39 is 5.82 Å². The number of nitrogens with two attached hydrogens (primary N) is 2. The van der Waals surface area contributed by atoms with Crippen molar-refractivity contribution in [3.8, 4) is 5.75 Å². The highest BCUT2D eigenvalue weighted by Crippen LogP contribution is 2.28. The van der Waals surface area contributed by atoms with Gasteiger partial charge in [0.1, 0.15) is 11.6 Å². The Morgan fingerprint density at radius 3 is 2.36 bits per heavy atom. The van der Waals surface area contributed by atoms with E-state index in [0.717, 1.165) is 31.4 Å². The molecular formula is C23H32FN3O. The van der Waals surface area contributed by atoms with Crippen LogP contribution < -0.4 is 21.3 Å². The molecule has 0 saturated heterocycles.